The minimum absolute atomic E-state index is 0.0391. The van der Waals surface area contributed by atoms with Crippen LogP contribution in [0.3, 0.4) is 0 Å². The first kappa shape index (κ1) is 19.1. The molecule has 1 aliphatic carbocycles. The van der Waals surface area contributed by atoms with Crippen molar-refractivity contribution in [2.24, 2.45) is 0 Å². The molecule has 0 aromatic carbocycles. The number of nitrogens with zero attached hydrogens (tertiary/aromatic N) is 4. The molecule has 3 aromatic rings. The highest BCUT2D eigenvalue weighted by atomic mass is 35.5. The maximum absolute atomic E-state index is 13.6. The first-order valence-electron chi connectivity index (χ1n) is 9.00. The normalized spacial score (nSPS) is 13.3. The summed E-state index contributed by atoms with van der Waals surface area (Å²) in [5.74, 6) is 2.12. The van der Waals surface area contributed by atoms with Gasteiger partial charge in [-0.3, -0.25) is 14.3 Å². The third-order valence-electron chi connectivity index (χ3n) is 4.97. The third-order valence-corrected chi connectivity index (χ3v) is 5.23. The van der Waals surface area contributed by atoms with E-state index in [1.165, 1.54) is 16.8 Å². The topological polar surface area (TPSA) is 69.8 Å². The van der Waals surface area contributed by atoms with Crippen LogP contribution in [0.5, 0.6) is 0 Å². The molecular weight excluding hydrogens is 395 g/mol. The summed E-state index contributed by atoms with van der Waals surface area (Å²) >= 11 is 5.81. The molecule has 6 nitrogen and oxygen atoms in total. The molecule has 0 amide bonds. The van der Waals surface area contributed by atoms with Gasteiger partial charge in [-0.05, 0) is 49.4 Å². The number of terminal acetylenes is 1. The Morgan fingerprint density at radius 3 is 2.72 bits per heavy atom. The Labute approximate surface area is 170 Å². The molecule has 0 atom stereocenters. The molecule has 3 heterocycles. The second-order valence-electron chi connectivity index (χ2n) is 6.89. The van der Waals surface area contributed by atoms with Crippen molar-refractivity contribution >= 4 is 11.6 Å². The summed E-state index contributed by atoms with van der Waals surface area (Å²) in [5.41, 5.74) is 0.772. The molecule has 0 bridgehead atoms. The Kier molecular flexibility index (Phi) is 4.81. The van der Waals surface area contributed by atoms with Crippen LogP contribution in [0.25, 0.3) is 16.9 Å². The van der Waals surface area contributed by atoms with Crippen LogP contribution in [0, 0.1) is 25.1 Å². The average Bonchev–Trinajstić information content (AvgIpc) is 3.54. The minimum atomic E-state index is -0.702. The maximum Gasteiger partial charge on any atom is 0.336 e. The SMILES string of the molecule is C#CCn1c(C)c(-c2ccc(F)c(Cl)n2)c(=O)n(-c2cncc(C3CC3)c2)c1=O. The van der Waals surface area contributed by atoms with E-state index < -0.39 is 17.1 Å². The van der Waals surface area contributed by atoms with Crippen molar-refractivity contribution in [3.63, 3.8) is 0 Å². The first-order valence-corrected chi connectivity index (χ1v) is 9.37. The van der Waals surface area contributed by atoms with Gasteiger partial charge in [0.05, 0.1) is 29.7 Å². The van der Waals surface area contributed by atoms with Crippen LogP contribution >= 0.6 is 11.6 Å². The van der Waals surface area contributed by atoms with Gasteiger partial charge in [0.15, 0.2) is 11.0 Å². The van der Waals surface area contributed by atoms with Gasteiger partial charge in [0.1, 0.15) is 0 Å². The number of halogens is 2. The minimum Gasteiger partial charge on any atom is -0.285 e. The summed E-state index contributed by atoms with van der Waals surface area (Å²) in [6.45, 7) is 1.56. The van der Waals surface area contributed by atoms with Crippen molar-refractivity contribution in [2.45, 2.75) is 32.2 Å². The first-order chi connectivity index (χ1) is 13.9. The summed E-state index contributed by atoms with van der Waals surface area (Å²) in [7, 11) is 0. The number of hydrogen-bond acceptors (Lipinski definition) is 4. The Hall–Kier alpha value is -3.24. The second kappa shape index (κ2) is 7.30. The Morgan fingerprint density at radius 2 is 2.07 bits per heavy atom. The molecule has 0 spiro atoms. The van der Waals surface area contributed by atoms with Gasteiger partial charge in [-0.25, -0.2) is 18.7 Å². The molecule has 1 fully saturated rings. The predicted octanol–water partition coefficient (Wildman–Crippen LogP) is 3.07. The van der Waals surface area contributed by atoms with Crippen molar-refractivity contribution in [3.05, 3.63) is 73.7 Å². The molecular formula is C21H16ClFN4O2. The van der Waals surface area contributed by atoms with Crippen LogP contribution in [0.2, 0.25) is 5.15 Å². The fourth-order valence-corrected chi connectivity index (χ4v) is 3.47. The van der Waals surface area contributed by atoms with Gasteiger partial charge in [0.25, 0.3) is 5.56 Å². The van der Waals surface area contributed by atoms with E-state index in [2.05, 4.69) is 15.9 Å². The quantitative estimate of drug-likeness (QED) is 0.489. The number of aromatic nitrogens is 4. The molecule has 4 rings (SSSR count). The summed E-state index contributed by atoms with van der Waals surface area (Å²) in [5, 5.41) is -0.361. The van der Waals surface area contributed by atoms with E-state index in [1.807, 2.05) is 0 Å². The molecule has 1 saturated carbocycles. The highest BCUT2D eigenvalue weighted by molar-refractivity contribution is 6.29. The lowest BCUT2D eigenvalue weighted by atomic mass is 10.1. The summed E-state index contributed by atoms with van der Waals surface area (Å²) in [6.07, 6.45) is 10.7. The Morgan fingerprint density at radius 1 is 1.31 bits per heavy atom. The van der Waals surface area contributed by atoms with Gasteiger partial charge < -0.3 is 0 Å². The lowest BCUT2D eigenvalue weighted by Gasteiger charge is -2.16. The van der Waals surface area contributed by atoms with Gasteiger partial charge in [-0.1, -0.05) is 17.5 Å². The van der Waals surface area contributed by atoms with Crippen LogP contribution in [0.1, 0.15) is 30.0 Å². The highest BCUT2D eigenvalue weighted by Gasteiger charge is 2.25. The molecule has 8 heteroatoms. The van der Waals surface area contributed by atoms with Crippen molar-refractivity contribution in [3.8, 4) is 29.3 Å². The second-order valence-corrected chi connectivity index (χ2v) is 7.25. The lowest BCUT2D eigenvalue weighted by Crippen LogP contribution is -2.41. The van der Waals surface area contributed by atoms with Crippen LogP contribution < -0.4 is 11.2 Å². The largest absolute Gasteiger partial charge is 0.336 e. The van der Waals surface area contributed by atoms with E-state index >= 15 is 0 Å². The molecule has 1 aliphatic rings. The zero-order valence-corrected chi connectivity index (χ0v) is 16.3. The average molecular weight is 411 g/mol. The molecule has 3 aromatic heterocycles. The molecule has 29 heavy (non-hydrogen) atoms. The van der Waals surface area contributed by atoms with E-state index in [4.69, 9.17) is 18.0 Å². The molecule has 0 saturated heterocycles. The van der Waals surface area contributed by atoms with E-state index in [-0.39, 0.29) is 23.0 Å². The molecule has 0 unspecified atom stereocenters. The standard InChI is InChI=1S/C21H16ClFN4O2/c1-3-8-26-12(2)18(17-7-6-16(23)19(22)25-17)20(28)27(21(26)29)15-9-14(10-24-11-15)13-4-5-13/h1,6-7,9-11,13H,4-5,8H2,2H3. The zero-order chi connectivity index (χ0) is 20.7. The van der Waals surface area contributed by atoms with E-state index in [9.17, 15) is 14.0 Å². The summed E-state index contributed by atoms with van der Waals surface area (Å²) in [6, 6.07) is 4.26. The smallest absolute Gasteiger partial charge is 0.285 e. The molecule has 146 valence electrons. The van der Waals surface area contributed by atoms with Crippen LogP contribution in [0.15, 0.2) is 40.2 Å². The monoisotopic (exact) mass is 410 g/mol. The zero-order valence-electron chi connectivity index (χ0n) is 15.5. The van der Waals surface area contributed by atoms with Gasteiger partial charge in [0.2, 0.25) is 0 Å². The van der Waals surface area contributed by atoms with Crippen LogP contribution in [-0.2, 0) is 6.54 Å². The number of hydrogen-bond donors (Lipinski definition) is 0. The maximum atomic E-state index is 13.6. The van der Waals surface area contributed by atoms with Gasteiger partial charge >= 0.3 is 5.69 Å². The highest BCUT2D eigenvalue weighted by Crippen LogP contribution is 2.40. The third kappa shape index (κ3) is 3.36. The van der Waals surface area contributed by atoms with E-state index in [0.717, 1.165) is 29.0 Å². The van der Waals surface area contributed by atoms with Crippen molar-refractivity contribution < 1.29 is 4.39 Å². The van der Waals surface area contributed by atoms with E-state index in [0.29, 0.717) is 17.3 Å². The Balaban J connectivity index is 2.03. The van der Waals surface area contributed by atoms with Crippen molar-refractivity contribution in [2.75, 3.05) is 0 Å². The summed E-state index contributed by atoms with van der Waals surface area (Å²) < 4.78 is 15.9. The van der Waals surface area contributed by atoms with Gasteiger partial charge in [0, 0.05) is 11.9 Å². The number of rotatable bonds is 4. The van der Waals surface area contributed by atoms with Crippen LogP contribution in [-0.4, -0.2) is 19.1 Å². The lowest BCUT2D eigenvalue weighted by molar-refractivity contribution is 0.622. The van der Waals surface area contributed by atoms with Gasteiger partial charge in [-0.2, -0.15) is 0 Å². The number of pyridine rings is 2. The van der Waals surface area contributed by atoms with Crippen LogP contribution in [0.4, 0.5) is 4.39 Å². The predicted molar refractivity (Wildman–Crippen MR) is 108 cm³/mol. The molecule has 0 radical (unpaired) electrons. The molecule has 0 N–H and O–H groups in total. The van der Waals surface area contributed by atoms with Crippen molar-refractivity contribution in [1.29, 1.82) is 0 Å². The van der Waals surface area contributed by atoms with Crippen molar-refractivity contribution in [1.82, 2.24) is 19.1 Å². The summed E-state index contributed by atoms with van der Waals surface area (Å²) in [4.78, 5) is 34.6. The fourth-order valence-electron chi connectivity index (χ4n) is 3.32. The van der Waals surface area contributed by atoms with Gasteiger partial charge in [-0.15, -0.1) is 6.42 Å². The fraction of sp³-hybridized carbons (Fsp3) is 0.238. The molecule has 0 aliphatic heterocycles. The Bertz CT molecular complexity index is 1290. The van der Waals surface area contributed by atoms with E-state index in [1.54, 1.807) is 19.2 Å².